The molecule has 2 aromatic rings. The maximum atomic E-state index is 5.37. The Hall–Kier alpha value is -0.780. The van der Waals surface area contributed by atoms with Crippen molar-refractivity contribution in [3.05, 3.63) is 33.2 Å². The summed E-state index contributed by atoms with van der Waals surface area (Å²) in [5.74, 6) is 0. The molecule has 3 nitrogen and oxygen atoms in total. The Bertz CT molecular complexity index is 512. The van der Waals surface area contributed by atoms with Crippen molar-refractivity contribution >= 4 is 27.3 Å². The van der Waals surface area contributed by atoms with Crippen molar-refractivity contribution in [3.8, 4) is 10.6 Å². The summed E-state index contributed by atoms with van der Waals surface area (Å²) >= 11 is 4.85. The zero-order chi connectivity index (χ0) is 10.3. The second kappa shape index (κ2) is 3.66. The number of ether oxygens (including phenoxy) is 1. The predicted molar refractivity (Wildman–Crippen MR) is 61.5 cm³/mol. The van der Waals surface area contributed by atoms with Gasteiger partial charge in [-0.3, -0.25) is 0 Å². The normalized spacial score (nSPS) is 14.2. The first-order valence-electron chi connectivity index (χ1n) is 4.52. The zero-order valence-electron chi connectivity index (χ0n) is 7.74. The third kappa shape index (κ3) is 1.71. The van der Waals surface area contributed by atoms with Gasteiger partial charge in [-0.05, 0) is 33.1 Å². The lowest BCUT2D eigenvalue weighted by atomic mass is 10.1. The van der Waals surface area contributed by atoms with E-state index in [2.05, 4.69) is 44.3 Å². The quantitative estimate of drug-likeness (QED) is 0.807. The van der Waals surface area contributed by atoms with Crippen LogP contribution < -0.4 is 0 Å². The summed E-state index contributed by atoms with van der Waals surface area (Å²) in [5.41, 5.74) is 3.66. The molecule has 0 unspecified atom stereocenters. The van der Waals surface area contributed by atoms with Gasteiger partial charge in [0.05, 0.1) is 13.2 Å². The number of nitrogens with zero attached hydrogens (tertiary/aromatic N) is 2. The van der Waals surface area contributed by atoms with Crippen LogP contribution in [0.25, 0.3) is 10.6 Å². The van der Waals surface area contributed by atoms with Gasteiger partial charge in [0.2, 0.25) is 0 Å². The molecule has 1 aromatic carbocycles. The molecular weight excluding hydrogens is 276 g/mol. The van der Waals surface area contributed by atoms with Crippen molar-refractivity contribution in [3.63, 3.8) is 0 Å². The highest BCUT2D eigenvalue weighted by Crippen LogP contribution is 2.30. The third-order valence-corrected chi connectivity index (χ3v) is 3.77. The van der Waals surface area contributed by atoms with E-state index in [0.717, 1.165) is 21.1 Å². The number of hydrogen-bond donors (Lipinski definition) is 0. The van der Waals surface area contributed by atoms with Crippen LogP contribution in [0.15, 0.2) is 22.1 Å². The van der Waals surface area contributed by atoms with Crippen LogP contribution in [-0.2, 0) is 18.0 Å². The molecule has 0 aliphatic carbocycles. The fourth-order valence-electron chi connectivity index (χ4n) is 1.63. The molecule has 0 spiro atoms. The van der Waals surface area contributed by atoms with Gasteiger partial charge in [-0.15, -0.1) is 10.2 Å². The summed E-state index contributed by atoms with van der Waals surface area (Å²) in [6.45, 7) is 1.44. The predicted octanol–water partition coefficient (Wildman–Crippen LogP) is 3.00. The lowest BCUT2D eigenvalue weighted by molar-refractivity contribution is 0.134. The standard InChI is InChI=1S/C10H7BrN2OS/c11-10-13-12-9(15-10)6-1-2-7-4-14-5-8(7)3-6/h1-3H,4-5H2. The van der Waals surface area contributed by atoms with E-state index >= 15 is 0 Å². The second-order valence-corrected chi connectivity index (χ2v) is 5.59. The summed E-state index contributed by atoms with van der Waals surface area (Å²) in [4.78, 5) is 0. The Morgan fingerprint density at radius 3 is 2.87 bits per heavy atom. The molecule has 0 saturated carbocycles. The highest BCUT2D eigenvalue weighted by molar-refractivity contribution is 9.11. The van der Waals surface area contributed by atoms with E-state index < -0.39 is 0 Å². The molecule has 15 heavy (non-hydrogen) atoms. The average molecular weight is 283 g/mol. The van der Waals surface area contributed by atoms with Crippen molar-refractivity contribution in [2.24, 2.45) is 0 Å². The lowest BCUT2D eigenvalue weighted by Gasteiger charge is -1.99. The van der Waals surface area contributed by atoms with Gasteiger partial charge in [-0.1, -0.05) is 23.5 Å². The third-order valence-electron chi connectivity index (χ3n) is 2.37. The minimum atomic E-state index is 0.711. The zero-order valence-corrected chi connectivity index (χ0v) is 10.1. The molecule has 1 aromatic heterocycles. The molecule has 1 aliphatic rings. The first-order chi connectivity index (χ1) is 7.33. The number of hydrogen-bond acceptors (Lipinski definition) is 4. The molecule has 76 valence electrons. The minimum absolute atomic E-state index is 0.711. The van der Waals surface area contributed by atoms with Crippen molar-refractivity contribution in [1.82, 2.24) is 10.2 Å². The fourth-order valence-corrected chi connectivity index (χ4v) is 2.73. The van der Waals surface area contributed by atoms with Gasteiger partial charge in [0.15, 0.2) is 3.92 Å². The summed E-state index contributed by atoms with van der Waals surface area (Å²) in [6, 6.07) is 6.31. The molecule has 0 fully saturated rings. The SMILES string of the molecule is Brc1nnc(-c2ccc3c(c2)COC3)s1. The molecule has 2 heterocycles. The van der Waals surface area contributed by atoms with E-state index in [-0.39, 0.29) is 0 Å². The lowest BCUT2D eigenvalue weighted by Crippen LogP contribution is -1.84. The van der Waals surface area contributed by atoms with Crippen LogP contribution in [0.5, 0.6) is 0 Å². The van der Waals surface area contributed by atoms with E-state index in [1.165, 1.54) is 22.5 Å². The van der Waals surface area contributed by atoms with E-state index in [0.29, 0.717) is 6.61 Å². The maximum Gasteiger partial charge on any atom is 0.183 e. The molecule has 1 aliphatic heterocycles. The summed E-state index contributed by atoms with van der Waals surface area (Å²) in [5, 5.41) is 8.97. The van der Waals surface area contributed by atoms with Crippen LogP contribution >= 0.6 is 27.3 Å². The van der Waals surface area contributed by atoms with E-state index in [1.54, 1.807) is 0 Å². The first-order valence-corrected chi connectivity index (χ1v) is 6.13. The van der Waals surface area contributed by atoms with Crippen molar-refractivity contribution in [2.75, 3.05) is 0 Å². The number of benzene rings is 1. The van der Waals surface area contributed by atoms with Crippen LogP contribution in [0.4, 0.5) is 0 Å². The largest absolute Gasteiger partial charge is 0.372 e. The van der Waals surface area contributed by atoms with Gasteiger partial charge in [0, 0.05) is 5.56 Å². The maximum absolute atomic E-state index is 5.37. The van der Waals surface area contributed by atoms with Crippen LogP contribution in [0.3, 0.4) is 0 Å². The summed E-state index contributed by atoms with van der Waals surface area (Å²) in [6.07, 6.45) is 0. The second-order valence-electron chi connectivity index (χ2n) is 3.34. The summed E-state index contributed by atoms with van der Waals surface area (Å²) < 4.78 is 6.18. The Balaban J connectivity index is 2.06. The average Bonchev–Trinajstić information content (AvgIpc) is 2.84. The van der Waals surface area contributed by atoms with E-state index in [4.69, 9.17) is 4.74 Å². The van der Waals surface area contributed by atoms with Gasteiger partial charge in [-0.2, -0.15) is 0 Å². The van der Waals surface area contributed by atoms with Gasteiger partial charge in [0.1, 0.15) is 5.01 Å². The molecule has 0 N–H and O–H groups in total. The topological polar surface area (TPSA) is 35.0 Å². The first kappa shape index (κ1) is 9.45. The van der Waals surface area contributed by atoms with Crippen molar-refractivity contribution in [1.29, 1.82) is 0 Å². The molecule has 0 saturated heterocycles. The Labute approximate surface area is 99.2 Å². The van der Waals surface area contributed by atoms with Crippen LogP contribution in [0.1, 0.15) is 11.1 Å². The van der Waals surface area contributed by atoms with E-state index in [9.17, 15) is 0 Å². The number of halogens is 1. The van der Waals surface area contributed by atoms with Crippen molar-refractivity contribution < 1.29 is 4.74 Å². The molecular formula is C10H7BrN2OS. The van der Waals surface area contributed by atoms with Crippen LogP contribution in [0.2, 0.25) is 0 Å². The Kier molecular flexibility index (Phi) is 2.31. The number of fused-ring (bicyclic) bond motifs is 1. The van der Waals surface area contributed by atoms with E-state index in [1.807, 2.05) is 0 Å². The Morgan fingerprint density at radius 2 is 2.07 bits per heavy atom. The smallest absolute Gasteiger partial charge is 0.183 e. The van der Waals surface area contributed by atoms with Crippen molar-refractivity contribution in [2.45, 2.75) is 13.2 Å². The monoisotopic (exact) mass is 282 g/mol. The fraction of sp³-hybridized carbons (Fsp3) is 0.200. The molecule has 5 heteroatoms. The number of aromatic nitrogens is 2. The summed E-state index contributed by atoms with van der Waals surface area (Å²) in [7, 11) is 0. The van der Waals surface area contributed by atoms with Crippen LogP contribution in [-0.4, -0.2) is 10.2 Å². The Morgan fingerprint density at radius 1 is 1.20 bits per heavy atom. The van der Waals surface area contributed by atoms with Crippen LogP contribution in [0, 0.1) is 0 Å². The van der Waals surface area contributed by atoms with Gasteiger partial charge in [0.25, 0.3) is 0 Å². The highest BCUT2D eigenvalue weighted by Gasteiger charge is 2.13. The molecule has 0 atom stereocenters. The molecule has 0 bridgehead atoms. The molecule has 0 amide bonds. The molecule has 0 radical (unpaired) electrons. The van der Waals surface area contributed by atoms with Gasteiger partial charge < -0.3 is 4.74 Å². The van der Waals surface area contributed by atoms with Gasteiger partial charge in [-0.25, -0.2) is 0 Å². The minimum Gasteiger partial charge on any atom is -0.372 e. The number of rotatable bonds is 1. The highest BCUT2D eigenvalue weighted by atomic mass is 79.9. The van der Waals surface area contributed by atoms with Gasteiger partial charge >= 0.3 is 0 Å². The molecule has 3 rings (SSSR count).